The van der Waals surface area contributed by atoms with Crippen LogP contribution in [0.25, 0.3) is 0 Å². The van der Waals surface area contributed by atoms with Gasteiger partial charge in [-0.2, -0.15) is 0 Å². The number of carbonyl (C=O) groups excluding carboxylic acids is 1. The number of aryl methyl sites for hydroxylation is 2. The van der Waals surface area contributed by atoms with Gasteiger partial charge in [-0.3, -0.25) is 4.79 Å². The zero-order chi connectivity index (χ0) is 14.0. The molecule has 104 valence electrons. The molecule has 1 N–H and O–H groups in total. The highest BCUT2D eigenvalue weighted by Crippen LogP contribution is 2.22. The summed E-state index contributed by atoms with van der Waals surface area (Å²) in [4.78, 5) is 11.9. The van der Waals surface area contributed by atoms with E-state index >= 15 is 0 Å². The first-order chi connectivity index (χ1) is 8.85. The lowest BCUT2D eigenvalue weighted by Gasteiger charge is -2.10. The van der Waals surface area contributed by atoms with Crippen molar-refractivity contribution in [1.29, 1.82) is 0 Å². The second kappa shape index (κ2) is 5.33. The van der Waals surface area contributed by atoms with E-state index in [0.717, 1.165) is 11.3 Å². The fraction of sp³-hybridized carbons (Fsp3) is 0.500. The zero-order valence-electron chi connectivity index (χ0n) is 11.3. The van der Waals surface area contributed by atoms with Gasteiger partial charge in [-0.1, -0.05) is 6.07 Å². The molecule has 19 heavy (non-hydrogen) atoms. The van der Waals surface area contributed by atoms with E-state index in [2.05, 4.69) is 5.32 Å². The predicted octanol–water partition coefficient (Wildman–Crippen LogP) is 2.07. The van der Waals surface area contributed by atoms with Crippen molar-refractivity contribution >= 4 is 21.4 Å². The van der Waals surface area contributed by atoms with E-state index < -0.39 is 9.84 Å². The van der Waals surface area contributed by atoms with Crippen LogP contribution < -0.4 is 5.32 Å². The molecule has 0 aliphatic carbocycles. The molecule has 0 saturated carbocycles. The first-order valence-electron chi connectivity index (χ1n) is 6.43. The highest BCUT2D eigenvalue weighted by Gasteiger charge is 2.29. The van der Waals surface area contributed by atoms with E-state index in [1.807, 2.05) is 32.0 Å². The molecule has 2 rings (SSSR count). The van der Waals surface area contributed by atoms with Crippen LogP contribution in [-0.4, -0.2) is 25.8 Å². The number of nitrogens with one attached hydrogen (secondary N) is 1. The quantitative estimate of drug-likeness (QED) is 0.922. The molecule has 1 amide bonds. The Balaban J connectivity index is 1.93. The van der Waals surface area contributed by atoms with Crippen LogP contribution in [0.5, 0.6) is 0 Å². The number of anilines is 1. The van der Waals surface area contributed by atoms with Crippen LogP contribution in [0.1, 0.15) is 24.0 Å². The molecule has 0 unspecified atom stereocenters. The van der Waals surface area contributed by atoms with Gasteiger partial charge in [0.25, 0.3) is 0 Å². The van der Waals surface area contributed by atoms with E-state index in [4.69, 9.17) is 0 Å². The molecular weight excluding hydrogens is 262 g/mol. The summed E-state index contributed by atoms with van der Waals surface area (Å²) in [6.45, 7) is 4.01. The van der Waals surface area contributed by atoms with Crippen LogP contribution in [0.15, 0.2) is 18.2 Å². The van der Waals surface area contributed by atoms with Gasteiger partial charge in [0.1, 0.15) is 0 Å². The third kappa shape index (κ3) is 3.80. The average Bonchev–Trinajstić information content (AvgIpc) is 2.63. The molecule has 1 aliphatic rings. The van der Waals surface area contributed by atoms with Gasteiger partial charge in [-0.05, 0) is 49.4 Å². The monoisotopic (exact) mass is 281 g/mol. The Morgan fingerprint density at radius 3 is 2.63 bits per heavy atom. The van der Waals surface area contributed by atoms with Crippen molar-refractivity contribution in [3.8, 4) is 0 Å². The Morgan fingerprint density at radius 1 is 1.32 bits per heavy atom. The number of carbonyl (C=O) groups is 1. The van der Waals surface area contributed by atoms with Gasteiger partial charge in [0.15, 0.2) is 9.84 Å². The summed E-state index contributed by atoms with van der Waals surface area (Å²) in [6, 6.07) is 5.76. The number of hydrogen-bond donors (Lipinski definition) is 1. The summed E-state index contributed by atoms with van der Waals surface area (Å²) >= 11 is 0. The topological polar surface area (TPSA) is 63.2 Å². The minimum absolute atomic E-state index is 0.0310. The van der Waals surface area contributed by atoms with E-state index in [-0.39, 0.29) is 29.8 Å². The SMILES string of the molecule is Cc1ccc(NC(=O)C[C@H]2CCS(=O)(=O)C2)cc1C. The molecule has 0 bridgehead atoms. The first kappa shape index (κ1) is 14.1. The summed E-state index contributed by atoms with van der Waals surface area (Å²) in [6.07, 6.45) is 0.884. The molecule has 0 aromatic heterocycles. The number of rotatable bonds is 3. The molecular formula is C14H19NO3S. The van der Waals surface area contributed by atoms with Crippen molar-refractivity contribution in [2.45, 2.75) is 26.7 Å². The van der Waals surface area contributed by atoms with Crippen molar-refractivity contribution < 1.29 is 13.2 Å². The fourth-order valence-electron chi connectivity index (χ4n) is 2.33. The second-order valence-electron chi connectivity index (χ2n) is 5.32. The van der Waals surface area contributed by atoms with Gasteiger partial charge in [-0.25, -0.2) is 8.42 Å². The molecule has 1 heterocycles. The van der Waals surface area contributed by atoms with Gasteiger partial charge in [-0.15, -0.1) is 0 Å². The maximum Gasteiger partial charge on any atom is 0.224 e. The van der Waals surface area contributed by atoms with Gasteiger partial charge >= 0.3 is 0 Å². The lowest BCUT2D eigenvalue weighted by molar-refractivity contribution is -0.116. The Bertz CT molecular complexity index is 593. The molecule has 4 nitrogen and oxygen atoms in total. The average molecular weight is 281 g/mol. The molecule has 1 saturated heterocycles. The van der Waals surface area contributed by atoms with Gasteiger partial charge in [0.05, 0.1) is 11.5 Å². The van der Waals surface area contributed by atoms with E-state index in [0.29, 0.717) is 6.42 Å². The number of benzene rings is 1. The third-order valence-electron chi connectivity index (χ3n) is 3.59. The lowest BCUT2D eigenvalue weighted by atomic mass is 10.0. The molecule has 0 spiro atoms. The van der Waals surface area contributed by atoms with Gasteiger partial charge in [0.2, 0.25) is 5.91 Å². The largest absolute Gasteiger partial charge is 0.326 e. The smallest absolute Gasteiger partial charge is 0.224 e. The fourth-order valence-corrected chi connectivity index (χ4v) is 4.19. The summed E-state index contributed by atoms with van der Waals surface area (Å²) in [5.41, 5.74) is 3.08. The first-order valence-corrected chi connectivity index (χ1v) is 8.25. The van der Waals surface area contributed by atoms with Crippen LogP contribution in [0, 0.1) is 19.8 Å². The van der Waals surface area contributed by atoms with Crippen LogP contribution >= 0.6 is 0 Å². The minimum atomic E-state index is -2.91. The van der Waals surface area contributed by atoms with Crippen molar-refractivity contribution in [1.82, 2.24) is 0 Å². The molecule has 1 atom stereocenters. The van der Waals surface area contributed by atoms with Crippen molar-refractivity contribution in [2.75, 3.05) is 16.8 Å². The van der Waals surface area contributed by atoms with E-state index in [9.17, 15) is 13.2 Å². The van der Waals surface area contributed by atoms with Crippen molar-refractivity contribution in [3.63, 3.8) is 0 Å². The minimum Gasteiger partial charge on any atom is -0.326 e. The third-order valence-corrected chi connectivity index (χ3v) is 5.43. The Kier molecular flexibility index (Phi) is 3.94. The maximum atomic E-state index is 11.9. The summed E-state index contributed by atoms with van der Waals surface area (Å²) in [7, 11) is -2.91. The normalized spacial score (nSPS) is 21.3. The van der Waals surface area contributed by atoms with Crippen molar-refractivity contribution in [2.24, 2.45) is 5.92 Å². The number of amides is 1. The zero-order valence-corrected chi connectivity index (χ0v) is 12.1. The predicted molar refractivity (Wildman–Crippen MR) is 75.9 cm³/mol. The summed E-state index contributed by atoms with van der Waals surface area (Å²) < 4.78 is 22.7. The lowest BCUT2D eigenvalue weighted by Crippen LogP contribution is -2.17. The second-order valence-corrected chi connectivity index (χ2v) is 7.55. The van der Waals surface area contributed by atoms with E-state index in [1.165, 1.54) is 5.56 Å². The molecule has 0 radical (unpaired) electrons. The Morgan fingerprint density at radius 2 is 2.05 bits per heavy atom. The Hall–Kier alpha value is -1.36. The number of hydrogen-bond acceptors (Lipinski definition) is 3. The molecule has 1 aliphatic heterocycles. The molecule has 1 fully saturated rings. The van der Waals surface area contributed by atoms with Crippen LogP contribution in [0.3, 0.4) is 0 Å². The number of sulfone groups is 1. The highest BCUT2D eigenvalue weighted by atomic mass is 32.2. The highest BCUT2D eigenvalue weighted by molar-refractivity contribution is 7.91. The standard InChI is InChI=1S/C14H19NO3S/c1-10-3-4-13(7-11(10)2)15-14(16)8-12-5-6-19(17,18)9-12/h3-4,7,12H,5-6,8-9H2,1-2H3,(H,15,16)/t12-/m1/s1. The molecule has 1 aromatic carbocycles. The summed E-state index contributed by atoms with van der Waals surface area (Å²) in [5.74, 6) is 0.226. The van der Waals surface area contributed by atoms with E-state index in [1.54, 1.807) is 0 Å². The molecule has 5 heteroatoms. The van der Waals surface area contributed by atoms with Gasteiger partial charge < -0.3 is 5.32 Å². The van der Waals surface area contributed by atoms with Crippen LogP contribution in [0.4, 0.5) is 5.69 Å². The Labute approximate surface area is 114 Å². The maximum absolute atomic E-state index is 11.9. The van der Waals surface area contributed by atoms with Crippen LogP contribution in [0.2, 0.25) is 0 Å². The molecule has 1 aromatic rings. The van der Waals surface area contributed by atoms with Crippen LogP contribution in [-0.2, 0) is 14.6 Å². The summed E-state index contributed by atoms with van der Waals surface area (Å²) in [5, 5.41) is 2.83. The van der Waals surface area contributed by atoms with Crippen molar-refractivity contribution in [3.05, 3.63) is 29.3 Å². The van der Waals surface area contributed by atoms with Gasteiger partial charge in [0, 0.05) is 12.1 Å².